The van der Waals surface area contributed by atoms with E-state index in [0.29, 0.717) is 38.4 Å². The predicted octanol–water partition coefficient (Wildman–Crippen LogP) is 0.788. The largest absolute Gasteiger partial charge is 0.372 e. The topological polar surface area (TPSA) is 89.4 Å². The second-order valence-electron chi connectivity index (χ2n) is 7.09. The molecule has 1 saturated heterocycles. The van der Waals surface area contributed by atoms with Gasteiger partial charge in [0.2, 0.25) is 0 Å². The molecule has 134 valence electrons. The molecule has 3 aliphatic rings. The average molecular weight is 353 g/mol. The third kappa shape index (κ3) is 2.25. The Morgan fingerprint density at radius 2 is 2.04 bits per heavy atom. The van der Waals surface area contributed by atoms with Gasteiger partial charge in [0.1, 0.15) is 12.1 Å². The number of nitrogens with one attached hydrogen (secondary N) is 1. The number of imide groups is 1. The van der Waals surface area contributed by atoms with Crippen LogP contribution in [0.3, 0.4) is 0 Å². The Morgan fingerprint density at radius 3 is 2.92 bits per heavy atom. The molecule has 3 heterocycles. The van der Waals surface area contributed by atoms with E-state index in [1.54, 1.807) is 0 Å². The van der Waals surface area contributed by atoms with Crippen LogP contribution >= 0.6 is 0 Å². The quantitative estimate of drug-likeness (QED) is 0.806. The minimum absolute atomic E-state index is 0.140. The first kappa shape index (κ1) is 15.5. The molecule has 1 fully saturated rings. The number of rotatable bonds is 2. The Kier molecular flexibility index (Phi) is 3.36. The molecule has 1 aromatic carbocycles. The van der Waals surface area contributed by atoms with Gasteiger partial charge in [0.05, 0.1) is 13.2 Å². The second kappa shape index (κ2) is 5.63. The minimum atomic E-state index is -0.834. The summed E-state index contributed by atoms with van der Waals surface area (Å²) < 4.78 is 7.30. The van der Waals surface area contributed by atoms with Gasteiger partial charge in [-0.2, -0.15) is 0 Å². The summed E-state index contributed by atoms with van der Waals surface area (Å²) in [4.78, 5) is 27.0. The normalized spacial score (nSPS) is 24.5. The number of hydrogen-bond acceptors (Lipinski definition) is 5. The maximum atomic E-state index is 13.2. The molecular formula is C18H19N5O3. The van der Waals surface area contributed by atoms with Gasteiger partial charge in [-0.15, -0.1) is 10.2 Å². The fourth-order valence-corrected chi connectivity index (χ4v) is 4.16. The standard InChI is InChI=1S/C18H19N5O3/c24-16-18(6-5-12-3-1-2-4-13(12)9-18)19-17(25)23(16)10-14-20-21-15-11-26-8-7-22(14)15/h1-4H,5-11H2,(H,19,25). The summed E-state index contributed by atoms with van der Waals surface area (Å²) in [6, 6.07) is 7.76. The van der Waals surface area contributed by atoms with E-state index in [9.17, 15) is 9.59 Å². The number of hydrogen-bond donors (Lipinski definition) is 1. The van der Waals surface area contributed by atoms with E-state index in [-0.39, 0.29) is 18.5 Å². The maximum Gasteiger partial charge on any atom is 0.325 e. The molecule has 0 bridgehead atoms. The number of fused-ring (bicyclic) bond motifs is 2. The molecule has 26 heavy (non-hydrogen) atoms. The lowest BCUT2D eigenvalue weighted by Crippen LogP contribution is -2.51. The van der Waals surface area contributed by atoms with E-state index >= 15 is 0 Å². The van der Waals surface area contributed by atoms with Crippen molar-refractivity contribution < 1.29 is 14.3 Å². The maximum absolute atomic E-state index is 13.2. The molecule has 0 radical (unpaired) electrons. The van der Waals surface area contributed by atoms with Gasteiger partial charge in [-0.3, -0.25) is 9.69 Å². The van der Waals surface area contributed by atoms with Gasteiger partial charge in [-0.25, -0.2) is 4.79 Å². The molecule has 2 aliphatic heterocycles. The summed E-state index contributed by atoms with van der Waals surface area (Å²) in [5, 5.41) is 11.2. The number of carbonyl (C=O) groups excluding carboxylic acids is 2. The van der Waals surface area contributed by atoms with Crippen molar-refractivity contribution in [2.24, 2.45) is 0 Å². The van der Waals surface area contributed by atoms with Gasteiger partial charge >= 0.3 is 6.03 Å². The Labute approximate surface area is 150 Å². The number of nitrogens with zero attached hydrogens (tertiary/aromatic N) is 4. The molecule has 1 spiro atoms. The van der Waals surface area contributed by atoms with Crippen molar-refractivity contribution in [2.45, 2.75) is 44.5 Å². The third-order valence-corrected chi connectivity index (χ3v) is 5.57. The van der Waals surface area contributed by atoms with Crippen molar-refractivity contribution in [3.05, 3.63) is 47.0 Å². The van der Waals surface area contributed by atoms with Crippen LogP contribution in [-0.2, 0) is 42.1 Å². The fraction of sp³-hybridized carbons (Fsp3) is 0.444. The van der Waals surface area contributed by atoms with E-state index < -0.39 is 5.54 Å². The predicted molar refractivity (Wildman–Crippen MR) is 90.0 cm³/mol. The van der Waals surface area contributed by atoms with Crippen molar-refractivity contribution in [2.75, 3.05) is 6.61 Å². The monoisotopic (exact) mass is 353 g/mol. The lowest BCUT2D eigenvalue weighted by molar-refractivity contribution is -0.132. The molecule has 2 aromatic rings. The van der Waals surface area contributed by atoms with Crippen LogP contribution < -0.4 is 5.32 Å². The van der Waals surface area contributed by atoms with Gasteiger partial charge in [0.25, 0.3) is 5.91 Å². The van der Waals surface area contributed by atoms with Crippen molar-refractivity contribution in [3.63, 3.8) is 0 Å². The summed E-state index contributed by atoms with van der Waals surface area (Å²) in [5.41, 5.74) is 1.55. The van der Waals surface area contributed by atoms with E-state index in [2.05, 4.69) is 21.6 Å². The summed E-state index contributed by atoms with van der Waals surface area (Å²) in [6.07, 6.45) is 1.95. The number of benzene rings is 1. The summed E-state index contributed by atoms with van der Waals surface area (Å²) >= 11 is 0. The highest BCUT2D eigenvalue weighted by molar-refractivity contribution is 6.07. The SMILES string of the molecule is O=C1NC2(CCc3ccccc3C2)C(=O)N1Cc1nnc2n1CCOC2. The highest BCUT2D eigenvalue weighted by atomic mass is 16.5. The molecule has 1 unspecified atom stereocenters. The Balaban J connectivity index is 1.41. The van der Waals surface area contributed by atoms with Crippen LogP contribution in [0, 0.1) is 0 Å². The van der Waals surface area contributed by atoms with Crippen LogP contribution in [0.5, 0.6) is 0 Å². The van der Waals surface area contributed by atoms with E-state index in [1.165, 1.54) is 10.5 Å². The molecule has 8 nitrogen and oxygen atoms in total. The summed E-state index contributed by atoms with van der Waals surface area (Å²) in [5.74, 6) is 1.20. The van der Waals surface area contributed by atoms with Gasteiger partial charge in [0.15, 0.2) is 11.6 Å². The Bertz CT molecular complexity index is 908. The molecule has 5 rings (SSSR count). The van der Waals surface area contributed by atoms with Crippen LogP contribution in [0.25, 0.3) is 0 Å². The van der Waals surface area contributed by atoms with Gasteiger partial charge < -0.3 is 14.6 Å². The molecule has 1 aliphatic carbocycles. The van der Waals surface area contributed by atoms with E-state index in [4.69, 9.17) is 4.74 Å². The highest BCUT2D eigenvalue weighted by Gasteiger charge is 2.52. The number of urea groups is 1. The zero-order valence-electron chi connectivity index (χ0n) is 14.3. The van der Waals surface area contributed by atoms with Crippen molar-refractivity contribution in [1.82, 2.24) is 25.0 Å². The first-order valence-electron chi connectivity index (χ1n) is 8.86. The second-order valence-corrected chi connectivity index (χ2v) is 7.09. The van der Waals surface area contributed by atoms with Crippen LogP contribution in [0.15, 0.2) is 24.3 Å². The number of aryl methyl sites for hydroxylation is 1. The lowest BCUT2D eigenvalue weighted by atomic mass is 9.78. The van der Waals surface area contributed by atoms with E-state index in [0.717, 1.165) is 17.8 Å². The summed E-state index contributed by atoms with van der Waals surface area (Å²) in [6.45, 7) is 1.77. The zero-order chi connectivity index (χ0) is 17.7. The fourth-order valence-electron chi connectivity index (χ4n) is 4.16. The zero-order valence-corrected chi connectivity index (χ0v) is 14.3. The van der Waals surface area contributed by atoms with Gasteiger partial charge in [-0.05, 0) is 24.0 Å². The van der Waals surface area contributed by atoms with Crippen molar-refractivity contribution >= 4 is 11.9 Å². The Morgan fingerprint density at radius 1 is 1.19 bits per heavy atom. The lowest BCUT2D eigenvalue weighted by Gasteiger charge is -2.32. The summed E-state index contributed by atoms with van der Waals surface area (Å²) in [7, 11) is 0. The van der Waals surface area contributed by atoms with Crippen LogP contribution in [-0.4, -0.2) is 43.7 Å². The molecule has 1 atom stereocenters. The third-order valence-electron chi connectivity index (χ3n) is 5.57. The first-order chi connectivity index (χ1) is 12.7. The van der Waals surface area contributed by atoms with Gasteiger partial charge in [0, 0.05) is 13.0 Å². The molecule has 3 amide bonds. The number of aromatic nitrogens is 3. The van der Waals surface area contributed by atoms with Crippen molar-refractivity contribution in [1.29, 1.82) is 0 Å². The molecule has 1 N–H and O–H groups in total. The minimum Gasteiger partial charge on any atom is -0.372 e. The molecule has 1 aromatic heterocycles. The smallest absolute Gasteiger partial charge is 0.325 e. The number of ether oxygens (including phenoxy) is 1. The van der Waals surface area contributed by atoms with Gasteiger partial charge in [-0.1, -0.05) is 24.3 Å². The average Bonchev–Trinajstić information content (AvgIpc) is 3.17. The van der Waals surface area contributed by atoms with Crippen molar-refractivity contribution in [3.8, 4) is 0 Å². The van der Waals surface area contributed by atoms with Crippen LogP contribution in [0.1, 0.15) is 29.2 Å². The van der Waals surface area contributed by atoms with Crippen LogP contribution in [0.2, 0.25) is 0 Å². The molecular weight excluding hydrogens is 334 g/mol. The number of amides is 3. The highest BCUT2D eigenvalue weighted by Crippen LogP contribution is 2.34. The molecule has 8 heteroatoms. The van der Waals surface area contributed by atoms with E-state index in [1.807, 2.05) is 22.8 Å². The van der Waals surface area contributed by atoms with Crippen LogP contribution in [0.4, 0.5) is 4.79 Å². The number of carbonyl (C=O) groups is 2. The molecule has 0 saturated carbocycles. The first-order valence-corrected chi connectivity index (χ1v) is 8.86. The Hall–Kier alpha value is -2.74.